The van der Waals surface area contributed by atoms with Gasteiger partial charge in [-0.05, 0) is 64.7 Å². The summed E-state index contributed by atoms with van der Waals surface area (Å²) in [7, 11) is 0. The minimum atomic E-state index is -0.533. The smallest absolute Gasteiger partial charge is 0.408 e. The van der Waals surface area contributed by atoms with Crippen molar-refractivity contribution >= 4 is 29.3 Å². The van der Waals surface area contributed by atoms with Crippen molar-refractivity contribution in [3.63, 3.8) is 0 Å². The van der Waals surface area contributed by atoms with Crippen molar-refractivity contribution in [2.24, 2.45) is 0 Å². The van der Waals surface area contributed by atoms with E-state index in [0.717, 1.165) is 31.2 Å². The third kappa shape index (κ3) is 5.34. The first kappa shape index (κ1) is 18.0. The van der Waals surface area contributed by atoms with E-state index >= 15 is 0 Å². The van der Waals surface area contributed by atoms with Gasteiger partial charge in [0.1, 0.15) is 11.1 Å². The highest BCUT2D eigenvalue weighted by atomic mass is 35.5. The number of carbonyl (C=O) groups excluding carboxylic acids is 1. The van der Waals surface area contributed by atoms with Gasteiger partial charge in [-0.1, -0.05) is 35.0 Å². The van der Waals surface area contributed by atoms with Crippen molar-refractivity contribution in [1.29, 1.82) is 0 Å². The second-order valence-electron chi connectivity index (χ2n) is 6.79. The molecule has 0 aromatic heterocycles. The number of halogens is 2. The Morgan fingerprint density at radius 2 is 1.87 bits per heavy atom. The first-order chi connectivity index (χ1) is 10.7. The molecule has 0 radical (unpaired) electrons. The Morgan fingerprint density at radius 3 is 2.43 bits per heavy atom. The number of ether oxygens (including phenoxy) is 1. The molecule has 0 saturated heterocycles. The van der Waals surface area contributed by atoms with Crippen LogP contribution < -0.4 is 5.32 Å². The summed E-state index contributed by atoms with van der Waals surface area (Å²) in [5.41, 5.74) is -0.285. The van der Waals surface area contributed by atoms with Crippen LogP contribution in [0.4, 0.5) is 4.79 Å². The lowest BCUT2D eigenvalue weighted by atomic mass is 9.98. The summed E-state index contributed by atoms with van der Waals surface area (Å²) in [4.78, 5) is 12.1. The van der Waals surface area contributed by atoms with E-state index < -0.39 is 17.2 Å². The van der Waals surface area contributed by atoms with Gasteiger partial charge >= 0.3 is 6.09 Å². The lowest BCUT2D eigenvalue weighted by molar-refractivity contribution is 0.0483. The second-order valence-corrected chi connectivity index (χ2v) is 7.61. The van der Waals surface area contributed by atoms with Gasteiger partial charge in [-0.15, -0.1) is 0 Å². The molecule has 23 heavy (non-hydrogen) atoms. The van der Waals surface area contributed by atoms with Crippen LogP contribution in [0.5, 0.6) is 0 Å². The molecule has 124 valence electrons. The summed E-state index contributed by atoms with van der Waals surface area (Å²) in [6, 6.07) is 5.26. The van der Waals surface area contributed by atoms with Gasteiger partial charge in [-0.25, -0.2) is 4.79 Å². The highest BCUT2D eigenvalue weighted by Gasteiger charge is 2.35. The molecule has 1 aliphatic carbocycles. The Bertz CT molecular complexity index is 647. The van der Waals surface area contributed by atoms with Gasteiger partial charge in [0.15, 0.2) is 0 Å². The van der Waals surface area contributed by atoms with Crippen molar-refractivity contribution in [3.05, 3.63) is 33.8 Å². The summed E-state index contributed by atoms with van der Waals surface area (Å²) in [6.45, 7) is 5.53. The van der Waals surface area contributed by atoms with E-state index in [1.165, 1.54) is 0 Å². The molecule has 1 aromatic rings. The molecular weight excluding hydrogens is 333 g/mol. The fraction of sp³-hybridized carbons (Fsp3) is 0.500. The second kappa shape index (κ2) is 7.03. The summed E-state index contributed by atoms with van der Waals surface area (Å²) >= 11 is 11.9. The first-order valence-corrected chi connectivity index (χ1v) is 8.44. The molecule has 1 aromatic carbocycles. The third-order valence-corrected chi connectivity index (χ3v) is 4.30. The van der Waals surface area contributed by atoms with Gasteiger partial charge in [0.25, 0.3) is 0 Å². The Hall–Kier alpha value is -1.37. The van der Waals surface area contributed by atoms with E-state index in [4.69, 9.17) is 27.9 Å². The van der Waals surface area contributed by atoms with E-state index in [0.29, 0.717) is 10.0 Å². The van der Waals surface area contributed by atoms with Crippen molar-refractivity contribution in [1.82, 2.24) is 5.32 Å². The molecule has 2 rings (SSSR count). The van der Waals surface area contributed by atoms with E-state index in [1.807, 2.05) is 26.8 Å². The average molecular weight is 354 g/mol. The highest BCUT2D eigenvalue weighted by Crippen LogP contribution is 2.30. The lowest BCUT2D eigenvalue weighted by Crippen LogP contribution is -2.47. The standard InChI is InChI=1S/C18H21Cl2NO2/c1-17(2,3)23-16(22)21-18(9-4-5-10-18)11-8-13-6-7-14(19)15(20)12-13/h6-7,12H,4-5,9-10H2,1-3H3,(H,21,22). The van der Waals surface area contributed by atoms with Crippen LogP contribution >= 0.6 is 23.2 Å². The Labute approximate surface area is 147 Å². The molecule has 5 heteroatoms. The normalized spacial score (nSPS) is 16.4. The van der Waals surface area contributed by atoms with E-state index in [9.17, 15) is 4.79 Å². The zero-order valence-electron chi connectivity index (χ0n) is 13.6. The maximum Gasteiger partial charge on any atom is 0.408 e. The summed E-state index contributed by atoms with van der Waals surface area (Å²) in [5, 5.41) is 3.92. The number of nitrogens with one attached hydrogen (secondary N) is 1. The van der Waals surface area contributed by atoms with Gasteiger partial charge < -0.3 is 10.1 Å². The van der Waals surface area contributed by atoms with Crippen LogP contribution in [-0.2, 0) is 4.74 Å². The number of carbonyl (C=O) groups is 1. The maximum atomic E-state index is 12.1. The van der Waals surface area contributed by atoms with Crippen LogP contribution in [-0.4, -0.2) is 17.2 Å². The van der Waals surface area contributed by atoms with Crippen LogP contribution in [0.15, 0.2) is 18.2 Å². The van der Waals surface area contributed by atoms with Crippen molar-refractivity contribution in [2.75, 3.05) is 0 Å². The van der Waals surface area contributed by atoms with Gasteiger partial charge in [0.05, 0.1) is 10.0 Å². The number of rotatable bonds is 1. The molecule has 0 bridgehead atoms. The van der Waals surface area contributed by atoms with E-state index in [1.54, 1.807) is 12.1 Å². The van der Waals surface area contributed by atoms with Gasteiger partial charge in [-0.2, -0.15) is 0 Å². The highest BCUT2D eigenvalue weighted by molar-refractivity contribution is 6.42. The molecule has 1 fully saturated rings. The summed E-state index contributed by atoms with van der Waals surface area (Å²) < 4.78 is 5.36. The van der Waals surface area contributed by atoms with Crippen molar-refractivity contribution in [2.45, 2.75) is 57.6 Å². The molecule has 1 saturated carbocycles. The number of hydrogen-bond acceptors (Lipinski definition) is 2. The molecule has 0 heterocycles. The molecule has 1 amide bonds. The molecule has 0 atom stereocenters. The predicted octanol–water partition coefficient (Wildman–Crippen LogP) is 5.18. The average Bonchev–Trinajstić information content (AvgIpc) is 2.87. The third-order valence-electron chi connectivity index (χ3n) is 3.56. The zero-order chi connectivity index (χ0) is 17.1. The van der Waals surface area contributed by atoms with Crippen LogP contribution in [0.2, 0.25) is 10.0 Å². The molecule has 0 aliphatic heterocycles. The summed E-state index contributed by atoms with van der Waals surface area (Å²) in [6.07, 6.45) is 3.28. The molecule has 1 N–H and O–H groups in total. The Balaban J connectivity index is 2.17. The quantitative estimate of drug-likeness (QED) is 0.706. The molecule has 0 spiro atoms. The fourth-order valence-electron chi connectivity index (χ4n) is 2.52. The molecule has 3 nitrogen and oxygen atoms in total. The predicted molar refractivity (Wildman–Crippen MR) is 93.9 cm³/mol. The number of amides is 1. The maximum absolute atomic E-state index is 12.1. The van der Waals surface area contributed by atoms with Gasteiger partial charge in [-0.3, -0.25) is 0 Å². The van der Waals surface area contributed by atoms with Crippen molar-refractivity contribution in [3.8, 4) is 11.8 Å². The minimum Gasteiger partial charge on any atom is -0.444 e. The SMILES string of the molecule is CC(C)(C)OC(=O)NC1(C#Cc2ccc(Cl)c(Cl)c2)CCCC1. The molecule has 1 aliphatic rings. The molecular formula is C18H21Cl2NO2. The largest absolute Gasteiger partial charge is 0.444 e. The molecule has 0 unspecified atom stereocenters. The van der Waals surface area contributed by atoms with E-state index in [2.05, 4.69) is 17.2 Å². The number of benzene rings is 1. The Morgan fingerprint density at radius 1 is 1.22 bits per heavy atom. The number of alkyl carbamates (subject to hydrolysis) is 1. The minimum absolute atomic E-state index is 0.428. The first-order valence-electron chi connectivity index (χ1n) is 7.69. The van der Waals surface area contributed by atoms with Gasteiger partial charge in [0.2, 0.25) is 0 Å². The zero-order valence-corrected chi connectivity index (χ0v) is 15.1. The van der Waals surface area contributed by atoms with Crippen molar-refractivity contribution < 1.29 is 9.53 Å². The summed E-state index contributed by atoms with van der Waals surface area (Å²) in [5.74, 6) is 6.31. The Kier molecular flexibility index (Phi) is 5.49. The monoisotopic (exact) mass is 353 g/mol. The van der Waals surface area contributed by atoms with Gasteiger partial charge in [0, 0.05) is 5.56 Å². The van der Waals surface area contributed by atoms with Crippen LogP contribution in [0, 0.1) is 11.8 Å². The number of hydrogen-bond donors (Lipinski definition) is 1. The van der Waals surface area contributed by atoms with Crippen LogP contribution in [0.25, 0.3) is 0 Å². The fourth-order valence-corrected chi connectivity index (χ4v) is 2.82. The van der Waals surface area contributed by atoms with Crippen LogP contribution in [0.3, 0.4) is 0 Å². The lowest BCUT2D eigenvalue weighted by Gasteiger charge is -2.27. The topological polar surface area (TPSA) is 38.3 Å². The van der Waals surface area contributed by atoms with E-state index in [-0.39, 0.29) is 0 Å². The van der Waals surface area contributed by atoms with Crippen LogP contribution in [0.1, 0.15) is 52.0 Å².